The van der Waals surface area contributed by atoms with E-state index < -0.39 is 33.9 Å². The number of alkyl carbamates (subject to hydrolysis) is 1. The Morgan fingerprint density at radius 2 is 1.81 bits per heavy atom. The molecule has 1 fully saturated rings. The zero-order valence-corrected chi connectivity index (χ0v) is 19.9. The van der Waals surface area contributed by atoms with Gasteiger partial charge in [-0.3, -0.25) is 4.84 Å². The van der Waals surface area contributed by atoms with Gasteiger partial charge in [-0.1, -0.05) is 41.9 Å². The first-order valence-corrected chi connectivity index (χ1v) is 12.3. The molecule has 0 heterocycles. The molecule has 1 aliphatic rings. The number of aliphatic hydroxyl groups is 1. The second kappa shape index (κ2) is 10.8. The topological polar surface area (TPSA) is 105 Å². The van der Waals surface area contributed by atoms with Crippen molar-refractivity contribution in [3.63, 3.8) is 0 Å². The molecule has 1 saturated carbocycles. The molecule has 1 amide bonds. The van der Waals surface area contributed by atoms with Crippen LogP contribution in [0.5, 0.6) is 0 Å². The van der Waals surface area contributed by atoms with Gasteiger partial charge in [0.1, 0.15) is 5.60 Å². The maximum Gasteiger partial charge on any atom is 0.407 e. The normalized spacial score (nSPS) is 17.5. The van der Waals surface area contributed by atoms with Crippen LogP contribution in [0.4, 0.5) is 4.79 Å². The van der Waals surface area contributed by atoms with Crippen molar-refractivity contribution < 1.29 is 27.9 Å². The summed E-state index contributed by atoms with van der Waals surface area (Å²) in [5, 5.41) is 13.4. The van der Waals surface area contributed by atoms with Crippen LogP contribution in [0.15, 0.2) is 29.2 Å². The van der Waals surface area contributed by atoms with E-state index in [9.17, 15) is 18.3 Å². The summed E-state index contributed by atoms with van der Waals surface area (Å²) in [6, 6.07) is 5.79. The Balaban J connectivity index is 2.18. The molecule has 31 heavy (non-hydrogen) atoms. The monoisotopic (exact) mass is 456 g/mol. The van der Waals surface area contributed by atoms with Gasteiger partial charge in [-0.2, -0.15) is 0 Å². The molecule has 0 aliphatic heterocycles. The summed E-state index contributed by atoms with van der Waals surface area (Å²) in [6.45, 7) is 8.60. The molecule has 1 aromatic rings. The molecule has 0 radical (unpaired) electrons. The van der Waals surface area contributed by atoms with Gasteiger partial charge < -0.3 is 15.2 Å². The van der Waals surface area contributed by atoms with Gasteiger partial charge in [0.05, 0.1) is 29.7 Å². The van der Waals surface area contributed by atoms with Crippen LogP contribution in [0.1, 0.15) is 65.4 Å². The number of aryl methyl sites for hydroxylation is 1. The Labute approximate surface area is 185 Å². The fourth-order valence-corrected chi connectivity index (χ4v) is 4.69. The van der Waals surface area contributed by atoms with E-state index in [0.29, 0.717) is 6.42 Å². The van der Waals surface area contributed by atoms with E-state index in [-0.39, 0.29) is 17.5 Å². The van der Waals surface area contributed by atoms with Gasteiger partial charge in [0.2, 0.25) is 0 Å². The first-order valence-electron chi connectivity index (χ1n) is 10.9. The van der Waals surface area contributed by atoms with Gasteiger partial charge in [0, 0.05) is 0 Å². The van der Waals surface area contributed by atoms with E-state index >= 15 is 0 Å². The lowest BCUT2D eigenvalue weighted by Gasteiger charge is -2.30. The van der Waals surface area contributed by atoms with E-state index in [1.807, 2.05) is 6.92 Å². The minimum absolute atomic E-state index is 0.0939. The molecule has 0 aromatic heterocycles. The highest BCUT2D eigenvalue weighted by atomic mass is 32.2. The number of aliphatic hydroxyl groups excluding tert-OH is 1. The van der Waals surface area contributed by atoms with Crippen LogP contribution < -0.4 is 5.32 Å². The van der Waals surface area contributed by atoms with Crippen LogP contribution in [0, 0.1) is 6.92 Å². The number of carbonyl (C=O) groups excluding carboxylic acids is 1. The SMILES string of the molecule is CCC(NC(=O)OC(C)(C)C)[C@H](O)CN(OC1CCCC1)S(=O)(=O)c1ccc(C)cc1. The minimum atomic E-state index is -3.99. The summed E-state index contributed by atoms with van der Waals surface area (Å²) in [4.78, 5) is 18.1. The minimum Gasteiger partial charge on any atom is -0.444 e. The predicted molar refractivity (Wildman–Crippen MR) is 118 cm³/mol. The second-order valence-corrected chi connectivity index (χ2v) is 10.9. The number of hydrogen-bond donors (Lipinski definition) is 2. The van der Waals surface area contributed by atoms with Crippen molar-refractivity contribution in [2.24, 2.45) is 0 Å². The molecule has 2 rings (SSSR count). The molecule has 1 unspecified atom stereocenters. The summed E-state index contributed by atoms with van der Waals surface area (Å²) < 4.78 is 32.7. The van der Waals surface area contributed by atoms with Crippen LogP contribution in [-0.4, -0.2) is 54.5 Å². The quantitative estimate of drug-likeness (QED) is 0.551. The average molecular weight is 457 g/mol. The third-order valence-corrected chi connectivity index (χ3v) is 6.74. The van der Waals surface area contributed by atoms with Crippen molar-refractivity contribution in [2.45, 2.75) is 95.5 Å². The molecule has 1 aliphatic carbocycles. The van der Waals surface area contributed by atoms with Crippen molar-refractivity contribution in [2.75, 3.05) is 6.54 Å². The van der Waals surface area contributed by atoms with Gasteiger partial charge in [-0.15, -0.1) is 0 Å². The molecule has 1 aromatic carbocycles. The number of carbonyl (C=O) groups is 1. The van der Waals surface area contributed by atoms with Gasteiger partial charge in [-0.05, 0) is 59.1 Å². The first-order chi connectivity index (χ1) is 14.4. The van der Waals surface area contributed by atoms with E-state index in [4.69, 9.17) is 9.57 Å². The molecular weight excluding hydrogens is 420 g/mol. The molecule has 0 saturated heterocycles. The lowest BCUT2D eigenvalue weighted by atomic mass is 10.1. The maximum absolute atomic E-state index is 13.3. The standard InChI is InChI=1S/C22H36N2O6S/c1-6-19(23-21(26)29-22(3,4)5)20(25)15-24(30-17-9-7-8-10-17)31(27,28)18-13-11-16(2)12-14-18/h11-14,17,19-20,25H,6-10,15H2,1-5H3,(H,23,26)/t19?,20-/m1/s1. The lowest BCUT2D eigenvalue weighted by Crippen LogP contribution is -2.50. The summed E-state index contributed by atoms with van der Waals surface area (Å²) in [5.41, 5.74) is 0.259. The highest BCUT2D eigenvalue weighted by Gasteiger charge is 2.34. The van der Waals surface area contributed by atoms with E-state index in [1.54, 1.807) is 39.8 Å². The fourth-order valence-electron chi connectivity index (χ4n) is 3.39. The molecule has 9 heteroatoms. The Morgan fingerprint density at radius 3 is 2.32 bits per heavy atom. The zero-order valence-electron chi connectivity index (χ0n) is 19.1. The van der Waals surface area contributed by atoms with Crippen molar-refractivity contribution in [1.29, 1.82) is 0 Å². The zero-order chi connectivity index (χ0) is 23.2. The average Bonchev–Trinajstić information content (AvgIpc) is 3.17. The first kappa shape index (κ1) is 25.6. The van der Waals surface area contributed by atoms with E-state index in [1.165, 1.54) is 12.1 Å². The van der Waals surface area contributed by atoms with Crippen LogP contribution in [0.3, 0.4) is 0 Å². The van der Waals surface area contributed by atoms with Crippen LogP contribution in [-0.2, 0) is 19.6 Å². The number of hydrogen-bond acceptors (Lipinski definition) is 6. The molecule has 2 N–H and O–H groups in total. The Kier molecular flexibility index (Phi) is 8.88. The van der Waals surface area contributed by atoms with Crippen molar-refractivity contribution in [3.05, 3.63) is 29.8 Å². The smallest absolute Gasteiger partial charge is 0.407 e. The largest absolute Gasteiger partial charge is 0.444 e. The number of nitrogens with one attached hydrogen (secondary N) is 1. The number of ether oxygens (including phenoxy) is 1. The number of rotatable bonds is 9. The number of hydroxylamine groups is 1. The third-order valence-electron chi connectivity index (χ3n) is 5.10. The van der Waals surface area contributed by atoms with Gasteiger partial charge in [-0.25, -0.2) is 13.2 Å². The van der Waals surface area contributed by atoms with Crippen molar-refractivity contribution >= 4 is 16.1 Å². The maximum atomic E-state index is 13.3. The van der Waals surface area contributed by atoms with Crippen molar-refractivity contribution in [3.8, 4) is 0 Å². The molecular formula is C22H36N2O6S. The molecule has 176 valence electrons. The Bertz CT molecular complexity index is 813. The van der Waals surface area contributed by atoms with Gasteiger partial charge in [0.15, 0.2) is 0 Å². The molecule has 2 atom stereocenters. The van der Waals surface area contributed by atoms with E-state index in [2.05, 4.69) is 5.32 Å². The van der Waals surface area contributed by atoms with Crippen molar-refractivity contribution in [1.82, 2.24) is 9.79 Å². The highest BCUT2D eigenvalue weighted by Crippen LogP contribution is 2.26. The summed E-state index contributed by atoms with van der Waals surface area (Å²) in [5.74, 6) is 0. The van der Waals surface area contributed by atoms with Crippen LogP contribution >= 0.6 is 0 Å². The highest BCUT2D eigenvalue weighted by molar-refractivity contribution is 7.89. The second-order valence-electron chi connectivity index (χ2n) is 9.04. The predicted octanol–water partition coefficient (Wildman–Crippen LogP) is 3.52. The summed E-state index contributed by atoms with van der Waals surface area (Å²) >= 11 is 0. The van der Waals surface area contributed by atoms with Crippen LogP contribution in [0.2, 0.25) is 0 Å². The lowest BCUT2D eigenvalue weighted by molar-refractivity contribution is -0.145. The van der Waals surface area contributed by atoms with Gasteiger partial charge in [0.25, 0.3) is 10.0 Å². The Hall–Kier alpha value is -1.68. The fraction of sp³-hybridized carbons (Fsp3) is 0.682. The van der Waals surface area contributed by atoms with Crippen LogP contribution in [0.25, 0.3) is 0 Å². The molecule has 8 nitrogen and oxygen atoms in total. The number of benzene rings is 1. The Morgan fingerprint density at radius 1 is 1.23 bits per heavy atom. The third kappa shape index (κ3) is 7.75. The molecule has 0 bridgehead atoms. The van der Waals surface area contributed by atoms with Gasteiger partial charge >= 0.3 is 6.09 Å². The molecule has 0 spiro atoms. The summed E-state index contributed by atoms with van der Waals surface area (Å²) in [6.07, 6.45) is 1.82. The number of amides is 1. The number of sulfonamides is 1. The number of nitrogens with zero attached hydrogens (tertiary/aromatic N) is 1. The summed E-state index contributed by atoms with van der Waals surface area (Å²) in [7, 11) is -3.99. The van der Waals surface area contributed by atoms with E-state index in [0.717, 1.165) is 35.7 Å².